The lowest BCUT2D eigenvalue weighted by Gasteiger charge is -2.26. The van der Waals surface area contributed by atoms with Crippen molar-refractivity contribution in [1.82, 2.24) is 4.31 Å². The molecule has 0 aliphatic carbocycles. The van der Waals surface area contributed by atoms with Gasteiger partial charge in [0.2, 0.25) is 15.9 Å². The summed E-state index contributed by atoms with van der Waals surface area (Å²) in [4.78, 5) is 13.6. The van der Waals surface area contributed by atoms with Crippen molar-refractivity contribution in [1.29, 1.82) is 0 Å². The molecule has 2 aliphatic rings. The summed E-state index contributed by atoms with van der Waals surface area (Å²) in [6.07, 6.45) is 1.04. The van der Waals surface area contributed by atoms with Gasteiger partial charge in [-0.3, -0.25) is 9.52 Å². The van der Waals surface area contributed by atoms with Crippen LogP contribution in [0.15, 0.2) is 46.2 Å². The molecule has 1 amide bonds. The number of ether oxygens (including phenoxy) is 3. The predicted molar refractivity (Wildman–Crippen MR) is 128 cm³/mol. The lowest BCUT2D eigenvalue weighted by molar-refractivity contribution is -0.117. The fourth-order valence-corrected chi connectivity index (χ4v) is 6.53. The lowest BCUT2D eigenvalue weighted by atomic mass is 10.2. The van der Waals surface area contributed by atoms with Crippen molar-refractivity contribution < 1.29 is 35.8 Å². The van der Waals surface area contributed by atoms with E-state index in [2.05, 4.69) is 4.72 Å². The molecule has 2 aromatic rings. The van der Waals surface area contributed by atoms with E-state index in [0.29, 0.717) is 30.8 Å². The Labute approximate surface area is 204 Å². The van der Waals surface area contributed by atoms with Gasteiger partial charge in [-0.25, -0.2) is 16.8 Å². The van der Waals surface area contributed by atoms with Gasteiger partial charge in [0, 0.05) is 26.1 Å². The summed E-state index contributed by atoms with van der Waals surface area (Å²) in [5.74, 6) is 0.404. The third-order valence-corrected chi connectivity index (χ3v) is 9.11. The molecule has 0 spiro atoms. The average molecular weight is 526 g/mol. The molecule has 0 aromatic heterocycles. The maximum atomic E-state index is 13.3. The first kappa shape index (κ1) is 25.2. The predicted octanol–water partition coefficient (Wildman–Crippen LogP) is 1.65. The summed E-state index contributed by atoms with van der Waals surface area (Å²) in [5, 5.41) is 0. The Hall–Kier alpha value is -2.87. The van der Waals surface area contributed by atoms with Gasteiger partial charge in [-0.05, 0) is 42.8 Å². The van der Waals surface area contributed by atoms with Crippen molar-refractivity contribution in [2.75, 3.05) is 56.7 Å². The van der Waals surface area contributed by atoms with Crippen LogP contribution in [-0.4, -0.2) is 74.1 Å². The number of anilines is 2. The topological polar surface area (TPSA) is 132 Å². The van der Waals surface area contributed by atoms with E-state index >= 15 is 0 Å². The Kier molecular flexibility index (Phi) is 7.22. The van der Waals surface area contributed by atoms with E-state index in [1.807, 2.05) is 0 Å². The van der Waals surface area contributed by atoms with E-state index in [1.54, 1.807) is 0 Å². The number of carbonyl (C=O) groups excluding carboxylic acids is 1. The van der Waals surface area contributed by atoms with Gasteiger partial charge in [0.25, 0.3) is 10.0 Å². The molecular formula is C22H27N3O8S2. The molecule has 1 N–H and O–H groups in total. The number of morpholine rings is 1. The van der Waals surface area contributed by atoms with E-state index in [-0.39, 0.29) is 53.4 Å². The van der Waals surface area contributed by atoms with E-state index in [1.165, 1.54) is 59.8 Å². The standard InChI is InChI=1S/C22H27N3O8S2/c1-31-20-7-6-17(35(29,30)24-10-12-33-13-11-24)14-18(20)23-34(27,28)16-5-8-21(32-2)19(15-16)25-9-3-4-22(25)26/h5-8,14-15,23H,3-4,9-13H2,1-2H3. The molecule has 2 fully saturated rings. The molecule has 0 atom stereocenters. The molecule has 4 rings (SSSR count). The second kappa shape index (κ2) is 10.0. The number of nitrogens with one attached hydrogen (secondary N) is 1. The largest absolute Gasteiger partial charge is 0.495 e. The van der Waals surface area contributed by atoms with Crippen LogP contribution in [0.2, 0.25) is 0 Å². The Morgan fingerprint density at radius 2 is 1.54 bits per heavy atom. The SMILES string of the molecule is COc1ccc(S(=O)(=O)N2CCOCC2)cc1NS(=O)(=O)c1ccc(OC)c(N2CCCC2=O)c1. The van der Waals surface area contributed by atoms with E-state index in [0.717, 1.165) is 0 Å². The van der Waals surface area contributed by atoms with Crippen molar-refractivity contribution in [3.8, 4) is 11.5 Å². The van der Waals surface area contributed by atoms with Crippen LogP contribution in [0.1, 0.15) is 12.8 Å². The number of methoxy groups -OCH3 is 2. The number of amides is 1. The summed E-state index contributed by atoms with van der Waals surface area (Å²) >= 11 is 0. The van der Waals surface area contributed by atoms with Crippen LogP contribution in [-0.2, 0) is 29.6 Å². The number of sulfonamides is 2. The van der Waals surface area contributed by atoms with Gasteiger partial charge < -0.3 is 19.1 Å². The quantitative estimate of drug-likeness (QED) is 0.550. The van der Waals surface area contributed by atoms with E-state index in [4.69, 9.17) is 14.2 Å². The van der Waals surface area contributed by atoms with Gasteiger partial charge in [-0.15, -0.1) is 0 Å². The molecule has 0 bridgehead atoms. The third kappa shape index (κ3) is 5.08. The summed E-state index contributed by atoms with van der Waals surface area (Å²) in [5.41, 5.74) is 0.324. The molecule has 2 heterocycles. The molecule has 13 heteroatoms. The molecule has 2 saturated heterocycles. The highest BCUT2D eigenvalue weighted by molar-refractivity contribution is 7.92. The summed E-state index contributed by atoms with van der Waals surface area (Å²) in [6, 6.07) is 8.19. The molecule has 2 aromatic carbocycles. The highest BCUT2D eigenvalue weighted by Gasteiger charge is 2.29. The Balaban J connectivity index is 1.69. The highest BCUT2D eigenvalue weighted by atomic mass is 32.2. The molecule has 0 unspecified atom stereocenters. The Morgan fingerprint density at radius 1 is 0.886 bits per heavy atom. The first-order valence-electron chi connectivity index (χ1n) is 10.9. The minimum absolute atomic E-state index is 0.0311. The Bertz CT molecular complexity index is 1320. The van der Waals surface area contributed by atoms with Crippen molar-refractivity contribution in [2.24, 2.45) is 0 Å². The lowest BCUT2D eigenvalue weighted by Crippen LogP contribution is -2.40. The van der Waals surface area contributed by atoms with Crippen LogP contribution in [0.5, 0.6) is 11.5 Å². The molecular weight excluding hydrogens is 498 g/mol. The third-order valence-electron chi connectivity index (χ3n) is 5.85. The van der Waals surface area contributed by atoms with Gasteiger partial charge in [0.15, 0.2) is 0 Å². The van der Waals surface area contributed by atoms with Gasteiger partial charge in [-0.1, -0.05) is 0 Å². The van der Waals surface area contributed by atoms with E-state index < -0.39 is 20.0 Å². The molecule has 0 radical (unpaired) electrons. The van der Waals surface area contributed by atoms with Gasteiger partial charge in [-0.2, -0.15) is 4.31 Å². The van der Waals surface area contributed by atoms with Crippen LogP contribution in [0, 0.1) is 0 Å². The van der Waals surface area contributed by atoms with Gasteiger partial charge >= 0.3 is 0 Å². The van der Waals surface area contributed by atoms with Crippen LogP contribution in [0.25, 0.3) is 0 Å². The van der Waals surface area contributed by atoms with Crippen LogP contribution < -0.4 is 19.1 Å². The van der Waals surface area contributed by atoms with E-state index in [9.17, 15) is 21.6 Å². The average Bonchev–Trinajstić information content (AvgIpc) is 3.29. The first-order chi connectivity index (χ1) is 16.7. The second-order valence-corrected chi connectivity index (χ2v) is 11.6. The number of hydrogen-bond acceptors (Lipinski definition) is 8. The smallest absolute Gasteiger partial charge is 0.262 e. The van der Waals surface area contributed by atoms with Gasteiger partial charge in [0.1, 0.15) is 11.5 Å². The minimum atomic E-state index is -4.18. The highest BCUT2D eigenvalue weighted by Crippen LogP contribution is 2.35. The fraction of sp³-hybridized carbons (Fsp3) is 0.409. The number of rotatable bonds is 8. The monoisotopic (exact) mass is 525 g/mol. The zero-order chi connectivity index (χ0) is 25.2. The van der Waals surface area contributed by atoms with Crippen LogP contribution >= 0.6 is 0 Å². The van der Waals surface area contributed by atoms with Gasteiger partial charge in [0.05, 0.1) is 48.6 Å². The van der Waals surface area contributed by atoms with Crippen LogP contribution in [0.3, 0.4) is 0 Å². The van der Waals surface area contributed by atoms with Crippen molar-refractivity contribution in [3.05, 3.63) is 36.4 Å². The number of nitrogens with zero attached hydrogens (tertiary/aromatic N) is 2. The summed E-state index contributed by atoms with van der Waals surface area (Å²) in [7, 11) is -5.24. The Morgan fingerprint density at radius 3 is 2.17 bits per heavy atom. The van der Waals surface area contributed by atoms with Crippen LogP contribution in [0.4, 0.5) is 11.4 Å². The van der Waals surface area contributed by atoms with Crippen molar-refractivity contribution in [3.63, 3.8) is 0 Å². The second-order valence-electron chi connectivity index (χ2n) is 7.97. The number of carbonyl (C=O) groups is 1. The first-order valence-corrected chi connectivity index (χ1v) is 13.9. The number of hydrogen-bond donors (Lipinski definition) is 1. The normalized spacial score (nSPS) is 17.4. The molecule has 2 aliphatic heterocycles. The zero-order valence-corrected chi connectivity index (χ0v) is 21.0. The maximum Gasteiger partial charge on any atom is 0.262 e. The molecule has 0 saturated carbocycles. The molecule has 11 nitrogen and oxygen atoms in total. The maximum absolute atomic E-state index is 13.3. The minimum Gasteiger partial charge on any atom is -0.495 e. The molecule has 190 valence electrons. The summed E-state index contributed by atoms with van der Waals surface area (Å²) < 4.78 is 72.3. The van der Waals surface area contributed by atoms with Crippen molar-refractivity contribution in [2.45, 2.75) is 22.6 Å². The number of benzene rings is 2. The fourth-order valence-electron chi connectivity index (χ4n) is 4.02. The van der Waals surface area contributed by atoms with Crippen molar-refractivity contribution >= 4 is 37.3 Å². The molecule has 35 heavy (non-hydrogen) atoms. The summed E-state index contributed by atoms with van der Waals surface area (Å²) in [6.45, 7) is 1.45. The zero-order valence-electron chi connectivity index (χ0n) is 19.4.